The maximum Gasteiger partial charge on any atom is 0.305 e. The van der Waals surface area contributed by atoms with Crippen LogP contribution >= 0.6 is 0 Å². The van der Waals surface area contributed by atoms with Gasteiger partial charge in [0.05, 0.1) is 12.5 Å². The molecule has 1 saturated heterocycles. The third-order valence-corrected chi connectivity index (χ3v) is 2.71. The van der Waals surface area contributed by atoms with Crippen LogP contribution in [0.25, 0.3) is 0 Å². The minimum absolute atomic E-state index is 0.102. The molecule has 0 aromatic heterocycles. The van der Waals surface area contributed by atoms with Crippen molar-refractivity contribution >= 4 is 11.9 Å². The summed E-state index contributed by atoms with van der Waals surface area (Å²) in [6.07, 6.45) is -0.161. The van der Waals surface area contributed by atoms with Crippen LogP contribution in [0.5, 0.6) is 0 Å². The Labute approximate surface area is 95.8 Å². The molecule has 5 nitrogen and oxygen atoms in total. The SMILES string of the molecule is CC(C)N1CC(C)(C)NC(CC(=O)O)C1=O. The van der Waals surface area contributed by atoms with Gasteiger partial charge in [-0.2, -0.15) is 0 Å². The Kier molecular flexibility index (Phi) is 3.57. The number of nitrogens with one attached hydrogen (secondary N) is 1. The number of carboxylic acid groups (broad SMARTS) is 1. The maximum absolute atomic E-state index is 12.0. The van der Waals surface area contributed by atoms with Gasteiger partial charge in [-0.1, -0.05) is 0 Å². The molecule has 2 N–H and O–H groups in total. The van der Waals surface area contributed by atoms with Crippen LogP contribution in [0.3, 0.4) is 0 Å². The Morgan fingerprint density at radius 2 is 2.19 bits per heavy atom. The summed E-state index contributed by atoms with van der Waals surface area (Å²) >= 11 is 0. The Morgan fingerprint density at radius 3 is 2.62 bits per heavy atom. The fourth-order valence-electron chi connectivity index (χ4n) is 2.03. The van der Waals surface area contributed by atoms with E-state index in [4.69, 9.17) is 5.11 Å². The summed E-state index contributed by atoms with van der Waals surface area (Å²) in [6.45, 7) is 8.45. The van der Waals surface area contributed by atoms with Crippen molar-refractivity contribution in [3.8, 4) is 0 Å². The number of carbonyl (C=O) groups is 2. The van der Waals surface area contributed by atoms with E-state index in [1.807, 2.05) is 27.7 Å². The first-order valence-electron chi connectivity index (χ1n) is 5.53. The minimum Gasteiger partial charge on any atom is -0.481 e. The number of hydrogen-bond acceptors (Lipinski definition) is 3. The summed E-state index contributed by atoms with van der Waals surface area (Å²) in [7, 11) is 0. The number of amides is 1. The molecule has 1 rings (SSSR count). The van der Waals surface area contributed by atoms with Crippen LogP contribution in [0.4, 0.5) is 0 Å². The van der Waals surface area contributed by atoms with E-state index in [0.29, 0.717) is 6.54 Å². The fraction of sp³-hybridized carbons (Fsp3) is 0.818. The summed E-state index contributed by atoms with van der Waals surface area (Å²) in [6, 6.07) is -0.506. The lowest BCUT2D eigenvalue weighted by atomic mass is 9.95. The van der Waals surface area contributed by atoms with Gasteiger partial charge in [0.1, 0.15) is 0 Å². The van der Waals surface area contributed by atoms with Crippen LogP contribution in [-0.4, -0.2) is 46.1 Å². The van der Waals surface area contributed by atoms with Gasteiger partial charge in [0.25, 0.3) is 0 Å². The fourth-order valence-corrected chi connectivity index (χ4v) is 2.03. The predicted octanol–water partition coefficient (Wildman–Crippen LogP) is 0.449. The van der Waals surface area contributed by atoms with Gasteiger partial charge in [0.2, 0.25) is 5.91 Å². The predicted molar refractivity (Wildman–Crippen MR) is 60.1 cm³/mol. The third-order valence-electron chi connectivity index (χ3n) is 2.71. The lowest BCUT2D eigenvalue weighted by Gasteiger charge is -2.44. The average Bonchev–Trinajstić information content (AvgIpc) is 2.09. The topological polar surface area (TPSA) is 69.6 Å². The number of carboxylic acids is 1. The molecule has 1 unspecified atom stereocenters. The van der Waals surface area contributed by atoms with E-state index >= 15 is 0 Å². The van der Waals surface area contributed by atoms with Crippen LogP contribution in [-0.2, 0) is 9.59 Å². The first-order chi connectivity index (χ1) is 7.23. The van der Waals surface area contributed by atoms with E-state index in [9.17, 15) is 9.59 Å². The van der Waals surface area contributed by atoms with Crippen molar-refractivity contribution in [1.29, 1.82) is 0 Å². The summed E-state index contributed by atoms with van der Waals surface area (Å²) in [4.78, 5) is 24.4. The van der Waals surface area contributed by atoms with Gasteiger partial charge in [-0.25, -0.2) is 0 Å². The molecule has 0 aliphatic carbocycles. The Balaban J connectivity index is 2.85. The molecule has 1 aliphatic heterocycles. The van der Waals surface area contributed by atoms with Crippen LogP contribution in [0.15, 0.2) is 0 Å². The number of hydrogen-bond donors (Lipinski definition) is 2. The zero-order valence-corrected chi connectivity index (χ0v) is 10.3. The monoisotopic (exact) mass is 228 g/mol. The van der Waals surface area contributed by atoms with Gasteiger partial charge >= 0.3 is 5.97 Å². The number of aliphatic carboxylic acids is 1. The normalized spacial score (nSPS) is 24.9. The lowest BCUT2D eigenvalue weighted by Crippen LogP contribution is -2.66. The Bertz CT molecular complexity index is 300. The molecule has 1 atom stereocenters. The van der Waals surface area contributed by atoms with Gasteiger partial charge in [-0.15, -0.1) is 0 Å². The standard InChI is InChI=1S/C11H20N2O3/c1-7(2)13-6-11(3,4)12-8(10(13)16)5-9(14)15/h7-8,12H,5-6H2,1-4H3,(H,14,15). The van der Waals surface area contributed by atoms with E-state index in [1.54, 1.807) is 4.90 Å². The number of piperazine rings is 1. The number of nitrogens with zero attached hydrogens (tertiary/aromatic N) is 1. The van der Waals surface area contributed by atoms with Crippen molar-refractivity contribution < 1.29 is 14.7 Å². The van der Waals surface area contributed by atoms with Crippen molar-refractivity contribution in [3.63, 3.8) is 0 Å². The molecule has 1 fully saturated rings. The number of rotatable bonds is 3. The number of carbonyl (C=O) groups excluding carboxylic acids is 1. The van der Waals surface area contributed by atoms with Crippen LogP contribution in [0, 0.1) is 0 Å². The highest BCUT2D eigenvalue weighted by molar-refractivity contribution is 5.87. The quantitative estimate of drug-likeness (QED) is 0.735. The summed E-state index contributed by atoms with van der Waals surface area (Å²) in [5.74, 6) is -1.07. The molecule has 0 radical (unpaired) electrons. The molecule has 16 heavy (non-hydrogen) atoms. The molecule has 1 amide bonds. The first kappa shape index (κ1) is 13.0. The summed E-state index contributed by atoms with van der Waals surface area (Å²) < 4.78 is 0. The first-order valence-corrected chi connectivity index (χ1v) is 5.53. The van der Waals surface area contributed by atoms with Gasteiger partial charge in [-0.3, -0.25) is 14.9 Å². The zero-order chi connectivity index (χ0) is 12.5. The second kappa shape index (κ2) is 4.41. The van der Waals surface area contributed by atoms with E-state index in [2.05, 4.69) is 5.32 Å². The Morgan fingerprint density at radius 1 is 1.62 bits per heavy atom. The lowest BCUT2D eigenvalue weighted by molar-refractivity contribution is -0.147. The van der Waals surface area contributed by atoms with Gasteiger partial charge < -0.3 is 10.0 Å². The second-order valence-electron chi connectivity index (χ2n) is 5.24. The summed E-state index contributed by atoms with van der Waals surface area (Å²) in [5, 5.41) is 11.9. The van der Waals surface area contributed by atoms with Gasteiger partial charge in [-0.05, 0) is 27.7 Å². The second-order valence-corrected chi connectivity index (χ2v) is 5.24. The molecule has 1 heterocycles. The molecule has 1 aliphatic rings. The molecule has 0 saturated carbocycles. The third kappa shape index (κ3) is 2.95. The van der Waals surface area contributed by atoms with Crippen molar-refractivity contribution in [2.45, 2.75) is 51.7 Å². The van der Waals surface area contributed by atoms with E-state index in [1.165, 1.54) is 0 Å². The highest BCUT2D eigenvalue weighted by Gasteiger charge is 2.39. The molecule has 5 heteroatoms. The van der Waals surface area contributed by atoms with Crippen molar-refractivity contribution in [3.05, 3.63) is 0 Å². The zero-order valence-electron chi connectivity index (χ0n) is 10.3. The molecule has 0 bridgehead atoms. The van der Waals surface area contributed by atoms with Crippen molar-refractivity contribution in [1.82, 2.24) is 10.2 Å². The highest BCUT2D eigenvalue weighted by atomic mass is 16.4. The molecule has 0 aromatic carbocycles. The van der Waals surface area contributed by atoms with Gasteiger partial charge in [0, 0.05) is 18.1 Å². The molecular weight excluding hydrogens is 208 g/mol. The van der Waals surface area contributed by atoms with Crippen molar-refractivity contribution in [2.75, 3.05) is 6.54 Å². The van der Waals surface area contributed by atoms with Crippen LogP contribution in [0.2, 0.25) is 0 Å². The van der Waals surface area contributed by atoms with E-state index < -0.39 is 12.0 Å². The highest BCUT2D eigenvalue weighted by Crippen LogP contribution is 2.19. The minimum atomic E-state index is -0.952. The summed E-state index contributed by atoms with van der Waals surface area (Å²) in [5.41, 5.74) is -0.238. The Hall–Kier alpha value is -1.10. The maximum atomic E-state index is 12.0. The molecule has 0 aromatic rings. The largest absolute Gasteiger partial charge is 0.481 e. The average molecular weight is 228 g/mol. The molecule has 92 valence electrons. The van der Waals surface area contributed by atoms with Gasteiger partial charge in [0.15, 0.2) is 0 Å². The molecule has 0 spiro atoms. The van der Waals surface area contributed by atoms with E-state index in [0.717, 1.165) is 0 Å². The molecular formula is C11H20N2O3. The van der Waals surface area contributed by atoms with Crippen LogP contribution < -0.4 is 5.32 Å². The van der Waals surface area contributed by atoms with Crippen molar-refractivity contribution in [2.24, 2.45) is 0 Å². The van der Waals surface area contributed by atoms with E-state index in [-0.39, 0.29) is 23.9 Å². The van der Waals surface area contributed by atoms with Crippen LogP contribution in [0.1, 0.15) is 34.1 Å². The smallest absolute Gasteiger partial charge is 0.305 e.